The van der Waals surface area contributed by atoms with Gasteiger partial charge in [-0.15, -0.1) is 4.91 Å². The second-order valence-corrected chi connectivity index (χ2v) is 2.40. The first-order chi connectivity index (χ1) is 6.16. The van der Waals surface area contributed by atoms with Gasteiger partial charge in [0.1, 0.15) is 11.4 Å². The van der Waals surface area contributed by atoms with Gasteiger partial charge in [0.2, 0.25) is 5.91 Å². The quantitative estimate of drug-likeness (QED) is 0.552. The van der Waals surface area contributed by atoms with Crippen molar-refractivity contribution in [3.8, 4) is 5.75 Å². The summed E-state index contributed by atoms with van der Waals surface area (Å²) >= 11 is 0. The minimum absolute atomic E-state index is 0.0880. The monoisotopic (exact) mass is 180 g/mol. The van der Waals surface area contributed by atoms with E-state index in [0.717, 1.165) is 0 Å². The molecule has 5 nitrogen and oxygen atoms in total. The zero-order valence-electron chi connectivity index (χ0n) is 6.97. The SMILES string of the molecule is CC(=O)N(N=O)c1ccccc1O. The molecule has 1 N–H and O–H groups in total. The fourth-order valence-corrected chi connectivity index (χ4v) is 0.914. The van der Waals surface area contributed by atoms with Crippen LogP contribution in [-0.2, 0) is 4.79 Å². The number of phenols is 1. The van der Waals surface area contributed by atoms with Crippen LogP contribution >= 0.6 is 0 Å². The van der Waals surface area contributed by atoms with Crippen molar-refractivity contribution in [1.82, 2.24) is 0 Å². The van der Waals surface area contributed by atoms with Crippen molar-refractivity contribution in [2.75, 3.05) is 5.01 Å². The van der Waals surface area contributed by atoms with Crippen LogP contribution in [0.2, 0.25) is 0 Å². The molecule has 0 aliphatic heterocycles. The number of aromatic hydroxyl groups is 1. The molecule has 0 radical (unpaired) electrons. The Morgan fingerprint density at radius 2 is 2.08 bits per heavy atom. The summed E-state index contributed by atoms with van der Waals surface area (Å²) in [5.41, 5.74) is 0.0880. The molecule has 0 fully saturated rings. The molecule has 0 spiro atoms. The second kappa shape index (κ2) is 3.66. The van der Waals surface area contributed by atoms with Crippen molar-refractivity contribution in [3.05, 3.63) is 29.2 Å². The molecule has 13 heavy (non-hydrogen) atoms. The van der Waals surface area contributed by atoms with Gasteiger partial charge >= 0.3 is 0 Å². The lowest BCUT2D eigenvalue weighted by Crippen LogP contribution is -2.21. The zero-order valence-corrected chi connectivity index (χ0v) is 6.97. The maximum Gasteiger partial charge on any atom is 0.247 e. The first-order valence-electron chi connectivity index (χ1n) is 3.58. The normalized spacial score (nSPS) is 9.31. The molecule has 5 heteroatoms. The lowest BCUT2D eigenvalue weighted by atomic mass is 10.3. The Morgan fingerprint density at radius 1 is 1.46 bits per heavy atom. The first-order valence-corrected chi connectivity index (χ1v) is 3.58. The number of carbonyl (C=O) groups excluding carboxylic acids is 1. The number of phenolic OH excluding ortho intramolecular Hbond substituents is 1. The van der Waals surface area contributed by atoms with Gasteiger partial charge in [-0.3, -0.25) is 4.79 Å². The van der Waals surface area contributed by atoms with Crippen LogP contribution in [0.3, 0.4) is 0 Å². The van der Waals surface area contributed by atoms with E-state index in [-0.39, 0.29) is 11.4 Å². The number of hydrogen-bond acceptors (Lipinski definition) is 4. The molecule has 0 atom stereocenters. The molecule has 0 saturated carbocycles. The molecule has 0 unspecified atom stereocenters. The van der Waals surface area contributed by atoms with Crippen LogP contribution in [0.15, 0.2) is 29.6 Å². The van der Waals surface area contributed by atoms with Gasteiger partial charge < -0.3 is 5.11 Å². The highest BCUT2D eigenvalue weighted by Crippen LogP contribution is 2.26. The van der Waals surface area contributed by atoms with Gasteiger partial charge in [-0.05, 0) is 12.1 Å². The van der Waals surface area contributed by atoms with Gasteiger partial charge in [-0.2, -0.15) is 5.01 Å². The third kappa shape index (κ3) is 1.81. The molecule has 0 bridgehead atoms. The maximum absolute atomic E-state index is 10.8. The van der Waals surface area contributed by atoms with E-state index in [2.05, 4.69) is 5.29 Å². The van der Waals surface area contributed by atoms with Crippen molar-refractivity contribution < 1.29 is 9.90 Å². The molecule has 68 valence electrons. The molecule has 1 rings (SSSR count). The third-order valence-electron chi connectivity index (χ3n) is 1.49. The van der Waals surface area contributed by atoms with Crippen LogP contribution in [0.5, 0.6) is 5.75 Å². The highest BCUT2D eigenvalue weighted by Gasteiger charge is 2.14. The van der Waals surface area contributed by atoms with Crippen molar-refractivity contribution in [2.45, 2.75) is 6.92 Å². The Labute approximate surface area is 74.5 Å². The average molecular weight is 180 g/mol. The summed E-state index contributed by atoms with van der Waals surface area (Å²) in [5.74, 6) is -0.700. The number of benzene rings is 1. The van der Waals surface area contributed by atoms with Gasteiger partial charge in [-0.25, -0.2) is 0 Å². The molecular weight excluding hydrogens is 172 g/mol. The predicted octanol–water partition coefficient (Wildman–Crippen LogP) is 1.43. The summed E-state index contributed by atoms with van der Waals surface area (Å²) in [5, 5.41) is 12.4. The zero-order chi connectivity index (χ0) is 9.84. The van der Waals surface area contributed by atoms with E-state index in [1.54, 1.807) is 12.1 Å². The Morgan fingerprint density at radius 3 is 2.54 bits per heavy atom. The number of rotatable bonds is 2. The molecule has 1 aromatic carbocycles. The van der Waals surface area contributed by atoms with E-state index in [9.17, 15) is 14.8 Å². The summed E-state index contributed by atoms with van der Waals surface area (Å²) < 4.78 is 0. The van der Waals surface area contributed by atoms with Crippen LogP contribution in [0.25, 0.3) is 0 Å². The fourth-order valence-electron chi connectivity index (χ4n) is 0.914. The standard InChI is InChI=1S/C8H8N2O3/c1-6(11)10(9-13)7-4-2-3-5-8(7)12/h2-5,12H,1H3. The molecule has 0 aliphatic carbocycles. The van der Waals surface area contributed by atoms with Crippen molar-refractivity contribution in [3.63, 3.8) is 0 Å². The summed E-state index contributed by atoms with van der Waals surface area (Å²) in [4.78, 5) is 21.1. The summed E-state index contributed by atoms with van der Waals surface area (Å²) in [6.07, 6.45) is 0. The number of hydrogen-bond donors (Lipinski definition) is 1. The summed E-state index contributed by atoms with van der Waals surface area (Å²) in [6, 6.07) is 5.98. The maximum atomic E-state index is 10.8. The van der Waals surface area contributed by atoms with Gasteiger partial charge in [0.05, 0.1) is 5.29 Å². The topological polar surface area (TPSA) is 70.0 Å². The highest BCUT2D eigenvalue weighted by molar-refractivity contribution is 5.92. The minimum Gasteiger partial charge on any atom is -0.506 e. The molecule has 0 aliphatic rings. The summed E-state index contributed by atoms with van der Waals surface area (Å²) in [6.45, 7) is 1.19. The van der Waals surface area contributed by atoms with E-state index in [0.29, 0.717) is 5.01 Å². The molecular formula is C8H8N2O3. The van der Waals surface area contributed by atoms with Crippen LogP contribution < -0.4 is 5.01 Å². The lowest BCUT2D eigenvalue weighted by molar-refractivity contribution is -0.116. The number of nitroso groups, excluding NO2 is 1. The van der Waals surface area contributed by atoms with Gasteiger partial charge in [-0.1, -0.05) is 12.1 Å². The van der Waals surface area contributed by atoms with E-state index in [1.165, 1.54) is 19.1 Å². The minimum atomic E-state index is -0.545. The van der Waals surface area contributed by atoms with Crippen LogP contribution in [0, 0.1) is 4.91 Å². The molecule has 1 amide bonds. The van der Waals surface area contributed by atoms with E-state index in [4.69, 9.17) is 0 Å². The largest absolute Gasteiger partial charge is 0.506 e. The van der Waals surface area contributed by atoms with E-state index in [1.807, 2.05) is 0 Å². The van der Waals surface area contributed by atoms with Gasteiger partial charge in [0.25, 0.3) is 0 Å². The predicted molar refractivity (Wildman–Crippen MR) is 47.1 cm³/mol. The summed E-state index contributed by atoms with van der Waals surface area (Å²) in [7, 11) is 0. The van der Waals surface area contributed by atoms with Crippen LogP contribution in [-0.4, -0.2) is 11.0 Å². The van der Waals surface area contributed by atoms with Gasteiger partial charge in [0, 0.05) is 6.92 Å². The van der Waals surface area contributed by atoms with Crippen LogP contribution in [0.1, 0.15) is 6.92 Å². The smallest absolute Gasteiger partial charge is 0.247 e. The molecule has 0 aromatic heterocycles. The Kier molecular flexibility index (Phi) is 2.59. The average Bonchev–Trinajstić information content (AvgIpc) is 2.09. The Balaban J connectivity index is 3.12. The van der Waals surface area contributed by atoms with Crippen molar-refractivity contribution in [1.29, 1.82) is 0 Å². The number of para-hydroxylation sites is 2. The van der Waals surface area contributed by atoms with Crippen molar-refractivity contribution >= 4 is 11.6 Å². The highest BCUT2D eigenvalue weighted by atomic mass is 16.3. The van der Waals surface area contributed by atoms with Crippen LogP contribution in [0.4, 0.5) is 5.69 Å². The first kappa shape index (κ1) is 9.18. The molecule has 0 saturated heterocycles. The van der Waals surface area contributed by atoms with Gasteiger partial charge in [0.15, 0.2) is 0 Å². The fraction of sp³-hybridized carbons (Fsp3) is 0.125. The third-order valence-corrected chi connectivity index (χ3v) is 1.49. The number of anilines is 1. The number of carbonyl (C=O) groups is 1. The van der Waals surface area contributed by atoms with E-state index < -0.39 is 5.91 Å². The molecule has 0 heterocycles. The van der Waals surface area contributed by atoms with Crippen molar-refractivity contribution in [2.24, 2.45) is 5.29 Å². The second-order valence-electron chi connectivity index (χ2n) is 2.40. The number of amides is 1. The number of nitrogens with zero attached hydrogens (tertiary/aromatic N) is 2. The molecule has 1 aromatic rings. The Bertz CT molecular complexity index is 338. The lowest BCUT2D eigenvalue weighted by Gasteiger charge is -2.11. The Hall–Kier alpha value is -1.91. The van der Waals surface area contributed by atoms with E-state index >= 15 is 0 Å².